The summed E-state index contributed by atoms with van der Waals surface area (Å²) in [6.45, 7) is 0. The Morgan fingerprint density at radius 1 is 1.18 bits per heavy atom. The molecule has 0 unspecified atom stereocenters. The summed E-state index contributed by atoms with van der Waals surface area (Å²) in [6.07, 6.45) is 0.105. The summed E-state index contributed by atoms with van der Waals surface area (Å²) in [4.78, 5) is 22.2. The minimum absolute atomic E-state index is 0.105. The lowest BCUT2D eigenvalue weighted by Gasteiger charge is -2.10. The van der Waals surface area contributed by atoms with Crippen LogP contribution in [-0.2, 0) is 14.3 Å². The first-order valence-corrected chi connectivity index (χ1v) is 5.09. The highest BCUT2D eigenvalue weighted by molar-refractivity contribution is 5.89. The molecule has 0 bridgehead atoms. The highest BCUT2D eigenvalue weighted by Gasteiger charge is 2.12. The highest BCUT2D eigenvalue weighted by atomic mass is 16.5. The average Bonchev–Trinajstić information content (AvgIpc) is 2.37. The van der Waals surface area contributed by atoms with Gasteiger partial charge in [-0.1, -0.05) is 12.1 Å². The Hall–Kier alpha value is -1.88. The van der Waals surface area contributed by atoms with Crippen LogP contribution in [0.1, 0.15) is 28.4 Å². The van der Waals surface area contributed by atoms with Gasteiger partial charge in [0.05, 0.1) is 26.2 Å². The maximum atomic E-state index is 11.2. The Balaban J connectivity index is 2.73. The first-order valence-electron chi connectivity index (χ1n) is 5.09. The molecule has 5 heteroatoms. The molecule has 0 aliphatic carbocycles. The Bertz CT molecular complexity index is 399. The minimum Gasteiger partial charge on any atom is -0.469 e. The van der Waals surface area contributed by atoms with Gasteiger partial charge in [-0.25, -0.2) is 4.79 Å². The normalized spacial score (nSPS) is 11.7. The molecule has 1 aromatic rings. The molecule has 0 heterocycles. The van der Waals surface area contributed by atoms with Crippen molar-refractivity contribution in [2.75, 3.05) is 14.2 Å². The van der Waals surface area contributed by atoms with E-state index in [9.17, 15) is 9.59 Å². The number of nitrogens with two attached hydrogens (primary N) is 1. The van der Waals surface area contributed by atoms with E-state index in [4.69, 9.17) is 5.73 Å². The van der Waals surface area contributed by atoms with Gasteiger partial charge in [0.1, 0.15) is 0 Å². The number of methoxy groups -OCH3 is 2. The van der Waals surface area contributed by atoms with Crippen molar-refractivity contribution in [2.24, 2.45) is 5.73 Å². The van der Waals surface area contributed by atoms with Crippen LogP contribution in [0.15, 0.2) is 24.3 Å². The Morgan fingerprint density at radius 2 is 1.76 bits per heavy atom. The lowest BCUT2D eigenvalue weighted by atomic mass is 10.0. The van der Waals surface area contributed by atoms with Crippen LogP contribution in [0, 0.1) is 0 Å². The number of hydrogen-bond acceptors (Lipinski definition) is 5. The monoisotopic (exact) mass is 237 g/mol. The second-order valence-corrected chi connectivity index (χ2v) is 3.50. The number of rotatable bonds is 4. The van der Waals surface area contributed by atoms with E-state index in [0.717, 1.165) is 5.56 Å². The third kappa shape index (κ3) is 3.57. The van der Waals surface area contributed by atoms with Gasteiger partial charge in [0.25, 0.3) is 0 Å². The van der Waals surface area contributed by atoms with Gasteiger partial charge in [-0.05, 0) is 17.7 Å². The van der Waals surface area contributed by atoms with Crippen molar-refractivity contribution in [3.8, 4) is 0 Å². The second kappa shape index (κ2) is 6.00. The van der Waals surface area contributed by atoms with Crippen LogP contribution in [0.5, 0.6) is 0 Å². The van der Waals surface area contributed by atoms with E-state index >= 15 is 0 Å². The van der Waals surface area contributed by atoms with E-state index < -0.39 is 12.0 Å². The summed E-state index contributed by atoms with van der Waals surface area (Å²) >= 11 is 0. The number of carbonyl (C=O) groups is 2. The maximum absolute atomic E-state index is 11.2. The van der Waals surface area contributed by atoms with Crippen LogP contribution >= 0.6 is 0 Å². The second-order valence-electron chi connectivity index (χ2n) is 3.50. The number of hydrogen-bond donors (Lipinski definition) is 1. The van der Waals surface area contributed by atoms with Gasteiger partial charge in [-0.2, -0.15) is 0 Å². The maximum Gasteiger partial charge on any atom is 0.337 e. The zero-order valence-electron chi connectivity index (χ0n) is 9.80. The SMILES string of the molecule is COC(=O)C[C@H](N)c1ccc(C(=O)OC)cc1. The van der Waals surface area contributed by atoms with Crippen LogP contribution < -0.4 is 5.73 Å². The van der Waals surface area contributed by atoms with Crippen molar-refractivity contribution >= 4 is 11.9 Å². The average molecular weight is 237 g/mol. The lowest BCUT2D eigenvalue weighted by Crippen LogP contribution is -2.16. The molecule has 1 atom stereocenters. The number of benzene rings is 1. The smallest absolute Gasteiger partial charge is 0.337 e. The fourth-order valence-corrected chi connectivity index (χ4v) is 1.36. The summed E-state index contributed by atoms with van der Waals surface area (Å²) in [7, 11) is 2.63. The topological polar surface area (TPSA) is 78.6 Å². The van der Waals surface area contributed by atoms with Crippen molar-refractivity contribution in [3.05, 3.63) is 35.4 Å². The van der Waals surface area contributed by atoms with Crippen LogP contribution in [0.2, 0.25) is 0 Å². The van der Waals surface area contributed by atoms with Gasteiger partial charge < -0.3 is 15.2 Å². The zero-order chi connectivity index (χ0) is 12.8. The molecule has 0 amide bonds. The Labute approximate surface area is 99.5 Å². The minimum atomic E-state index is -0.436. The molecule has 0 aromatic heterocycles. The molecule has 0 aliphatic rings. The largest absolute Gasteiger partial charge is 0.469 e. The highest BCUT2D eigenvalue weighted by Crippen LogP contribution is 2.15. The van der Waals surface area contributed by atoms with Gasteiger partial charge in [0.2, 0.25) is 0 Å². The van der Waals surface area contributed by atoms with Crippen LogP contribution in [0.4, 0.5) is 0 Å². The Morgan fingerprint density at radius 3 is 2.24 bits per heavy atom. The standard InChI is InChI=1S/C12H15NO4/c1-16-11(14)7-10(13)8-3-5-9(6-4-8)12(15)17-2/h3-6,10H,7,13H2,1-2H3/t10-/m0/s1. The van der Waals surface area contributed by atoms with Gasteiger partial charge >= 0.3 is 11.9 Å². The number of ether oxygens (including phenoxy) is 2. The first-order chi connectivity index (χ1) is 8.08. The number of carbonyl (C=O) groups excluding carboxylic acids is 2. The van der Waals surface area contributed by atoms with Crippen molar-refractivity contribution < 1.29 is 19.1 Å². The predicted molar refractivity (Wildman–Crippen MR) is 61.3 cm³/mol. The van der Waals surface area contributed by atoms with Gasteiger partial charge in [-0.3, -0.25) is 4.79 Å². The molecular weight excluding hydrogens is 222 g/mol. The fourth-order valence-electron chi connectivity index (χ4n) is 1.36. The van der Waals surface area contributed by atoms with Gasteiger partial charge in [-0.15, -0.1) is 0 Å². The zero-order valence-corrected chi connectivity index (χ0v) is 9.80. The summed E-state index contributed by atoms with van der Waals surface area (Å²) < 4.78 is 9.10. The summed E-state index contributed by atoms with van der Waals surface area (Å²) in [5.41, 5.74) is 7.03. The number of esters is 2. The van der Waals surface area contributed by atoms with Gasteiger partial charge in [0.15, 0.2) is 0 Å². The van der Waals surface area contributed by atoms with E-state index in [1.807, 2.05) is 0 Å². The van der Waals surface area contributed by atoms with E-state index in [1.54, 1.807) is 24.3 Å². The first kappa shape index (κ1) is 13.2. The van der Waals surface area contributed by atoms with Crippen molar-refractivity contribution in [1.29, 1.82) is 0 Å². The molecule has 1 aromatic carbocycles. The summed E-state index contributed by atoms with van der Waals surface area (Å²) in [5.74, 6) is -0.771. The van der Waals surface area contributed by atoms with E-state index in [1.165, 1.54) is 14.2 Å². The molecule has 0 saturated carbocycles. The molecule has 0 radical (unpaired) electrons. The summed E-state index contributed by atoms with van der Waals surface area (Å²) in [5, 5.41) is 0. The van der Waals surface area contributed by atoms with E-state index in [-0.39, 0.29) is 12.4 Å². The van der Waals surface area contributed by atoms with E-state index in [0.29, 0.717) is 5.56 Å². The molecule has 0 spiro atoms. The van der Waals surface area contributed by atoms with Crippen molar-refractivity contribution in [2.45, 2.75) is 12.5 Å². The third-order valence-corrected chi connectivity index (χ3v) is 2.37. The van der Waals surface area contributed by atoms with Crippen LogP contribution in [-0.4, -0.2) is 26.2 Å². The molecule has 0 saturated heterocycles. The lowest BCUT2D eigenvalue weighted by molar-refractivity contribution is -0.141. The quantitative estimate of drug-likeness (QED) is 0.791. The molecule has 2 N–H and O–H groups in total. The molecule has 0 fully saturated rings. The summed E-state index contributed by atoms with van der Waals surface area (Å²) in [6, 6.07) is 6.17. The fraction of sp³-hybridized carbons (Fsp3) is 0.333. The molecule has 0 aliphatic heterocycles. The molecule has 17 heavy (non-hydrogen) atoms. The van der Waals surface area contributed by atoms with Crippen molar-refractivity contribution in [1.82, 2.24) is 0 Å². The third-order valence-electron chi connectivity index (χ3n) is 2.37. The van der Waals surface area contributed by atoms with Crippen molar-refractivity contribution in [3.63, 3.8) is 0 Å². The van der Waals surface area contributed by atoms with Crippen LogP contribution in [0.3, 0.4) is 0 Å². The molecule has 1 rings (SSSR count). The Kier molecular flexibility index (Phi) is 4.66. The molecule has 5 nitrogen and oxygen atoms in total. The molecular formula is C12H15NO4. The predicted octanol–water partition coefficient (Wildman–Crippen LogP) is 1.04. The molecule has 92 valence electrons. The van der Waals surface area contributed by atoms with E-state index in [2.05, 4.69) is 9.47 Å². The van der Waals surface area contributed by atoms with Gasteiger partial charge in [0, 0.05) is 6.04 Å². The van der Waals surface area contributed by atoms with Crippen LogP contribution in [0.25, 0.3) is 0 Å².